The third kappa shape index (κ3) is 4.05. The van der Waals surface area contributed by atoms with Crippen LogP contribution >= 0.6 is 0 Å². The van der Waals surface area contributed by atoms with Crippen molar-refractivity contribution in [2.24, 2.45) is 0 Å². The highest BCUT2D eigenvalue weighted by Gasteiger charge is 2.33. The highest BCUT2D eigenvalue weighted by Crippen LogP contribution is 2.42. The van der Waals surface area contributed by atoms with Crippen molar-refractivity contribution < 1.29 is 8.42 Å². The molecular weight excluding hydrogens is 585 g/mol. The normalized spacial score (nSPS) is 13.3. The van der Waals surface area contributed by atoms with Crippen LogP contribution in [0, 0.1) is 0 Å². The Labute approximate surface area is 267 Å². The number of sulfone groups is 1. The fraction of sp³-hybridized carbons (Fsp3) is 0.0488. The Morgan fingerprint density at radius 2 is 1.07 bits per heavy atom. The van der Waals surface area contributed by atoms with Crippen LogP contribution in [0.25, 0.3) is 71.6 Å². The predicted octanol–water partition coefficient (Wildman–Crippen LogP) is 10.0. The summed E-state index contributed by atoms with van der Waals surface area (Å²) in [6.07, 6.45) is 0.693. The molecule has 0 unspecified atom stereocenters. The molecule has 0 saturated heterocycles. The van der Waals surface area contributed by atoms with Crippen LogP contribution in [0.1, 0.15) is 12.7 Å². The Balaban J connectivity index is 1.27. The standard InChI is InChI=1S/C41H28N2O2S/c1-2-40-42-36-12-7-13-38-41(36)43(40)37-19-18-32(25-39(37)46(38,44)45)35-23-33(30-16-14-26-8-3-5-10-28(26)20-30)22-34(24-35)31-17-15-27-9-4-6-11-29(27)21-31/h3-25H,2H2,1H3. The zero-order chi connectivity index (χ0) is 31.0. The smallest absolute Gasteiger partial charge is 0.210 e. The summed E-state index contributed by atoms with van der Waals surface area (Å²) < 4.78 is 30.3. The number of para-hydroxylation sites is 1. The minimum Gasteiger partial charge on any atom is -0.294 e. The lowest BCUT2D eigenvalue weighted by Crippen LogP contribution is -2.16. The van der Waals surface area contributed by atoms with Gasteiger partial charge in [0.25, 0.3) is 0 Å². The third-order valence-electron chi connectivity index (χ3n) is 9.24. The average molecular weight is 613 g/mol. The molecule has 5 heteroatoms. The molecule has 0 radical (unpaired) electrons. The molecule has 0 atom stereocenters. The molecule has 1 aromatic heterocycles. The van der Waals surface area contributed by atoms with Gasteiger partial charge in [-0.05, 0) is 110 Å². The lowest BCUT2D eigenvalue weighted by atomic mass is 9.92. The second kappa shape index (κ2) is 9.99. The van der Waals surface area contributed by atoms with Gasteiger partial charge in [-0.3, -0.25) is 4.57 Å². The molecule has 0 spiro atoms. The van der Waals surface area contributed by atoms with Crippen molar-refractivity contribution in [3.63, 3.8) is 0 Å². The summed E-state index contributed by atoms with van der Waals surface area (Å²) in [5, 5.41) is 4.74. The van der Waals surface area contributed by atoms with E-state index >= 15 is 0 Å². The zero-order valence-corrected chi connectivity index (χ0v) is 25.9. The summed E-state index contributed by atoms with van der Waals surface area (Å²) in [7, 11) is -3.77. The summed E-state index contributed by atoms with van der Waals surface area (Å²) >= 11 is 0. The summed E-state index contributed by atoms with van der Waals surface area (Å²) in [4.78, 5) is 5.40. The maximum absolute atomic E-state index is 14.1. The quantitative estimate of drug-likeness (QED) is 0.199. The molecule has 0 fully saturated rings. The minimum absolute atomic E-state index is 0.307. The summed E-state index contributed by atoms with van der Waals surface area (Å²) in [6, 6.07) is 47.6. The van der Waals surface area contributed by atoms with Gasteiger partial charge in [0, 0.05) is 6.42 Å². The number of rotatable bonds is 4. The van der Waals surface area contributed by atoms with Crippen molar-refractivity contribution in [1.29, 1.82) is 0 Å². The van der Waals surface area contributed by atoms with Crippen LogP contribution in [-0.4, -0.2) is 18.0 Å². The number of fused-ring (bicyclic) bond motifs is 4. The van der Waals surface area contributed by atoms with Gasteiger partial charge in [0.2, 0.25) is 9.84 Å². The Kier molecular flexibility index (Phi) is 5.83. The molecule has 7 aromatic carbocycles. The van der Waals surface area contributed by atoms with E-state index in [0.29, 0.717) is 32.9 Å². The van der Waals surface area contributed by atoms with Crippen LogP contribution in [0.4, 0.5) is 0 Å². The summed E-state index contributed by atoms with van der Waals surface area (Å²) in [5.41, 5.74) is 8.18. The SMILES string of the molecule is CCc1nc2cccc3c2n1-c1ccc(-c2cc(-c4ccc5ccccc5c4)cc(-c4ccc5ccccc5c4)c2)cc1S3(=O)=O. The van der Waals surface area contributed by atoms with Gasteiger partial charge < -0.3 is 0 Å². The molecular formula is C41H28N2O2S. The van der Waals surface area contributed by atoms with Crippen LogP contribution in [0.2, 0.25) is 0 Å². The largest absolute Gasteiger partial charge is 0.294 e. The first-order valence-electron chi connectivity index (χ1n) is 15.5. The minimum atomic E-state index is -3.77. The van der Waals surface area contributed by atoms with Gasteiger partial charge >= 0.3 is 0 Å². The molecule has 0 N–H and O–H groups in total. The number of aromatic nitrogens is 2. The molecule has 0 bridgehead atoms. The number of imidazole rings is 1. The second-order valence-corrected chi connectivity index (χ2v) is 13.8. The molecule has 1 aliphatic rings. The highest BCUT2D eigenvalue weighted by molar-refractivity contribution is 7.92. The lowest BCUT2D eigenvalue weighted by molar-refractivity contribution is 0.594. The Hall–Kier alpha value is -5.52. The van der Waals surface area contributed by atoms with Crippen LogP contribution in [0.15, 0.2) is 149 Å². The summed E-state index contributed by atoms with van der Waals surface area (Å²) in [5.74, 6) is 0.850. The van der Waals surface area contributed by atoms with E-state index in [-0.39, 0.29) is 0 Å². The fourth-order valence-electron chi connectivity index (χ4n) is 6.93. The van der Waals surface area contributed by atoms with Gasteiger partial charge in [0.15, 0.2) is 0 Å². The Morgan fingerprint density at radius 3 is 1.65 bits per heavy atom. The van der Waals surface area contributed by atoms with Crippen molar-refractivity contribution in [1.82, 2.24) is 9.55 Å². The van der Waals surface area contributed by atoms with Crippen LogP contribution in [0.3, 0.4) is 0 Å². The van der Waals surface area contributed by atoms with E-state index in [9.17, 15) is 8.42 Å². The van der Waals surface area contributed by atoms with Crippen LogP contribution in [0.5, 0.6) is 0 Å². The number of hydrogen-bond acceptors (Lipinski definition) is 3. The Morgan fingerprint density at radius 1 is 0.522 bits per heavy atom. The summed E-state index contributed by atoms with van der Waals surface area (Å²) in [6.45, 7) is 2.05. The van der Waals surface area contributed by atoms with Crippen molar-refractivity contribution in [3.05, 3.63) is 145 Å². The van der Waals surface area contributed by atoms with Gasteiger partial charge in [-0.1, -0.05) is 91.9 Å². The van der Waals surface area contributed by atoms with Crippen molar-refractivity contribution >= 4 is 42.4 Å². The van der Waals surface area contributed by atoms with Gasteiger partial charge in [-0.15, -0.1) is 0 Å². The predicted molar refractivity (Wildman–Crippen MR) is 187 cm³/mol. The number of hydrogen-bond donors (Lipinski definition) is 0. The highest BCUT2D eigenvalue weighted by atomic mass is 32.2. The number of nitrogens with zero attached hydrogens (tertiary/aromatic N) is 2. The van der Waals surface area contributed by atoms with E-state index < -0.39 is 9.84 Å². The molecule has 46 heavy (non-hydrogen) atoms. The molecule has 1 aliphatic heterocycles. The van der Waals surface area contributed by atoms with E-state index in [0.717, 1.165) is 39.2 Å². The zero-order valence-electron chi connectivity index (χ0n) is 25.1. The number of benzene rings is 7. The molecule has 0 aliphatic carbocycles. The molecule has 0 saturated carbocycles. The fourth-order valence-corrected chi connectivity index (χ4v) is 8.60. The van der Waals surface area contributed by atoms with Crippen molar-refractivity contribution in [2.45, 2.75) is 23.1 Å². The van der Waals surface area contributed by atoms with Gasteiger partial charge in [0.1, 0.15) is 5.82 Å². The third-order valence-corrected chi connectivity index (χ3v) is 11.1. The molecule has 9 rings (SSSR count). The maximum Gasteiger partial charge on any atom is 0.210 e. The van der Waals surface area contributed by atoms with Crippen LogP contribution in [-0.2, 0) is 16.3 Å². The van der Waals surface area contributed by atoms with E-state index in [4.69, 9.17) is 4.98 Å². The van der Waals surface area contributed by atoms with Crippen molar-refractivity contribution in [3.8, 4) is 39.1 Å². The van der Waals surface area contributed by atoms with E-state index in [2.05, 4.69) is 103 Å². The van der Waals surface area contributed by atoms with E-state index in [1.807, 2.05) is 35.8 Å². The van der Waals surface area contributed by atoms with Crippen molar-refractivity contribution in [2.75, 3.05) is 0 Å². The molecule has 2 heterocycles. The monoisotopic (exact) mass is 612 g/mol. The van der Waals surface area contributed by atoms with E-state index in [1.54, 1.807) is 12.1 Å². The lowest BCUT2D eigenvalue weighted by Gasteiger charge is -2.22. The number of aryl methyl sites for hydroxylation is 1. The first kappa shape index (κ1) is 26.8. The average Bonchev–Trinajstić information content (AvgIpc) is 3.49. The molecule has 220 valence electrons. The van der Waals surface area contributed by atoms with Crippen LogP contribution < -0.4 is 0 Å². The van der Waals surface area contributed by atoms with Gasteiger partial charge in [0.05, 0.1) is 26.5 Å². The van der Waals surface area contributed by atoms with Gasteiger partial charge in [-0.25, -0.2) is 13.4 Å². The molecule has 8 aromatic rings. The van der Waals surface area contributed by atoms with E-state index in [1.165, 1.54) is 21.5 Å². The Bertz CT molecular complexity index is 2550. The second-order valence-electron chi connectivity index (χ2n) is 11.9. The topological polar surface area (TPSA) is 52.0 Å². The molecule has 4 nitrogen and oxygen atoms in total. The first-order chi connectivity index (χ1) is 22.5. The maximum atomic E-state index is 14.1. The first-order valence-corrected chi connectivity index (χ1v) is 17.0. The van der Waals surface area contributed by atoms with Gasteiger partial charge in [-0.2, -0.15) is 0 Å². The molecule has 0 amide bonds.